The highest BCUT2D eigenvalue weighted by Crippen LogP contribution is 2.27. The van der Waals surface area contributed by atoms with E-state index in [4.69, 9.17) is 16.3 Å². The Balaban J connectivity index is 2.01. The van der Waals surface area contributed by atoms with Gasteiger partial charge in [0.2, 0.25) is 11.8 Å². The zero-order chi connectivity index (χ0) is 30.7. The second kappa shape index (κ2) is 15.6. The average Bonchev–Trinajstić information content (AvgIpc) is 2.99. The first kappa shape index (κ1) is 32.9. The van der Waals surface area contributed by atoms with Gasteiger partial charge in [0, 0.05) is 17.6 Å². The molecule has 2 amide bonds. The molecule has 0 bridgehead atoms. The summed E-state index contributed by atoms with van der Waals surface area (Å²) in [5.41, 5.74) is 1.30. The van der Waals surface area contributed by atoms with Crippen molar-refractivity contribution in [3.05, 3.63) is 89.4 Å². The highest BCUT2D eigenvalue weighted by Gasteiger charge is 2.33. The number of amides is 2. The van der Waals surface area contributed by atoms with Gasteiger partial charge in [-0.2, -0.15) is 0 Å². The van der Waals surface area contributed by atoms with E-state index in [1.54, 1.807) is 24.3 Å². The van der Waals surface area contributed by atoms with Gasteiger partial charge in [-0.15, -0.1) is 0 Å². The van der Waals surface area contributed by atoms with Gasteiger partial charge < -0.3 is 15.0 Å². The van der Waals surface area contributed by atoms with Crippen LogP contribution < -0.4 is 14.4 Å². The summed E-state index contributed by atoms with van der Waals surface area (Å²) in [6.45, 7) is 7.79. The third kappa shape index (κ3) is 8.72. The van der Waals surface area contributed by atoms with Crippen molar-refractivity contribution < 1.29 is 22.7 Å². The predicted molar refractivity (Wildman–Crippen MR) is 167 cm³/mol. The maximum atomic E-state index is 14.1. The quantitative estimate of drug-likeness (QED) is 0.237. The van der Waals surface area contributed by atoms with Gasteiger partial charge in [0.15, 0.2) is 0 Å². The molecule has 1 N–H and O–H groups in total. The number of nitrogens with zero attached hydrogens (tertiary/aromatic N) is 2. The van der Waals surface area contributed by atoms with Crippen LogP contribution in [-0.4, -0.2) is 56.9 Å². The number of carbonyl (C=O) groups excluding carboxylic acids is 2. The Labute approximate surface area is 254 Å². The number of ether oxygens (including phenoxy) is 1. The molecule has 0 spiro atoms. The second-order valence-electron chi connectivity index (χ2n) is 9.96. The molecule has 0 aliphatic rings. The lowest BCUT2D eigenvalue weighted by Crippen LogP contribution is -2.54. The summed E-state index contributed by atoms with van der Waals surface area (Å²) in [6.07, 6.45) is 1.62. The van der Waals surface area contributed by atoms with Crippen molar-refractivity contribution in [2.75, 3.05) is 24.0 Å². The fourth-order valence-electron chi connectivity index (χ4n) is 4.47. The molecule has 0 heterocycles. The first-order chi connectivity index (χ1) is 20.1. The Morgan fingerprint density at radius 2 is 1.55 bits per heavy atom. The summed E-state index contributed by atoms with van der Waals surface area (Å²) in [5, 5.41) is 3.38. The molecule has 0 unspecified atom stereocenters. The van der Waals surface area contributed by atoms with Gasteiger partial charge in [0.25, 0.3) is 10.0 Å². The lowest BCUT2D eigenvalue weighted by Gasteiger charge is -2.33. The fourth-order valence-corrected chi connectivity index (χ4v) is 6.01. The molecular formula is C32H40ClN3O5S. The molecule has 8 nitrogen and oxygen atoms in total. The number of anilines is 1. The Bertz CT molecular complexity index is 1400. The van der Waals surface area contributed by atoms with Crippen LogP contribution in [0.25, 0.3) is 0 Å². The van der Waals surface area contributed by atoms with Gasteiger partial charge in [-0.3, -0.25) is 13.9 Å². The lowest BCUT2D eigenvalue weighted by molar-refractivity contribution is -0.139. The van der Waals surface area contributed by atoms with Crippen LogP contribution >= 0.6 is 11.6 Å². The number of halogens is 1. The van der Waals surface area contributed by atoms with Crippen LogP contribution in [0.4, 0.5) is 5.69 Å². The smallest absolute Gasteiger partial charge is 0.264 e. The maximum absolute atomic E-state index is 14.1. The third-order valence-corrected chi connectivity index (χ3v) is 9.03. The molecule has 42 heavy (non-hydrogen) atoms. The second-order valence-corrected chi connectivity index (χ2v) is 12.3. The van der Waals surface area contributed by atoms with Crippen molar-refractivity contribution in [1.29, 1.82) is 0 Å². The molecule has 0 radical (unpaired) electrons. The molecule has 2 atom stereocenters. The minimum atomic E-state index is -4.18. The minimum absolute atomic E-state index is 0.00836. The molecule has 3 aromatic rings. The van der Waals surface area contributed by atoms with Crippen LogP contribution in [0.3, 0.4) is 0 Å². The van der Waals surface area contributed by atoms with Crippen LogP contribution in [0, 0.1) is 0 Å². The van der Waals surface area contributed by atoms with Gasteiger partial charge in [-0.25, -0.2) is 8.42 Å². The molecule has 0 aliphatic heterocycles. The zero-order valence-electron chi connectivity index (χ0n) is 24.6. The van der Waals surface area contributed by atoms with E-state index in [9.17, 15) is 18.0 Å². The van der Waals surface area contributed by atoms with E-state index in [1.807, 2.05) is 58.0 Å². The monoisotopic (exact) mass is 613 g/mol. The van der Waals surface area contributed by atoms with E-state index in [-0.39, 0.29) is 23.4 Å². The molecule has 3 rings (SSSR count). The van der Waals surface area contributed by atoms with Crippen LogP contribution in [-0.2, 0) is 26.0 Å². The van der Waals surface area contributed by atoms with Crippen molar-refractivity contribution in [3.8, 4) is 5.75 Å². The molecule has 0 aromatic heterocycles. The molecule has 0 saturated carbocycles. The van der Waals surface area contributed by atoms with E-state index < -0.39 is 28.5 Å². The van der Waals surface area contributed by atoms with Crippen molar-refractivity contribution >= 4 is 39.1 Å². The Morgan fingerprint density at radius 1 is 0.905 bits per heavy atom. The number of nitrogens with one attached hydrogen (secondary N) is 1. The number of benzene rings is 3. The van der Waals surface area contributed by atoms with Gasteiger partial charge in [-0.1, -0.05) is 55.8 Å². The summed E-state index contributed by atoms with van der Waals surface area (Å²) in [5.74, 6) is -0.168. The SMILES string of the molecule is CCOc1ccc(N(CC(=O)N(CCc2ccccc2)[C@H](CC)C(=O)N[C@H](C)CC)S(=O)(=O)c2ccc(Cl)cc2)cc1. The molecular weight excluding hydrogens is 574 g/mol. The van der Waals surface area contributed by atoms with Crippen molar-refractivity contribution in [2.45, 2.75) is 63.9 Å². The maximum Gasteiger partial charge on any atom is 0.264 e. The number of hydrogen-bond acceptors (Lipinski definition) is 5. The highest BCUT2D eigenvalue weighted by molar-refractivity contribution is 7.92. The summed E-state index contributed by atoms with van der Waals surface area (Å²) >= 11 is 6.02. The first-order valence-corrected chi connectivity index (χ1v) is 16.1. The van der Waals surface area contributed by atoms with E-state index in [1.165, 1.54) is 29.2 Å². The lowest BCUT2D eigenvalue weighted by atomic mass is 10.1. The Hall–Kier alpha value is -3.56. The Morgan fingerprint density at radius 3 is 2.12 bits per heavy atom. The van der Waals surface area contributed by atoms with Crippen molar-refractivity contribution in [1.82, 2.24) is 10.2 Å². The highest BCUT2D eigenvalue weighted by atomic mass is 35.5. The minimum Gasteiger partial charge on any atom is -0.494 e. The van der Waals surface area contributed by atoms with Gasteiger partial charge >= 0.3 is 0 Å². The van der Waals surface area contributed by atoms with Gasteiger partial charge in [0.05, 0.1) is 17.2 Å². The molecule has 0 saturated heterocycles. The predicted octanol–water partition coefficient (Wildman–Crippen LogP) is 5.70. The number of hydrogen-bond donors (Lipinski definition) is 1. The van der Waals surface area contributed by atoms with Crippen LogP contribution in [0.15, 0.2) is 83.8 Å². The van der Waals surface area contributed by atoms with Gasteiger partial charge in [0.1, 0.15) is 18.3 Å². The number of sulfonamides is 1. The van der Waals surface area contributed by atoms with Crippen molar-refractivity contribution in [2.24, 2.45) is 0 Å². The van der Waals surface area contributed by atoms with Crippen LogP contribution in [0.5, 0.6) is 5.75 Å². The normalized spacial score (nSPS) is 12.7. The average molecular weight is 614 g/mol. The summed E-state index contributed by atoms with van der Waals surface area (Å²) in [7, 11) is -4.18. The first-order valence-electron chi connectivity index (χ1n) is 14.3. The van der Waals surface area contributed by atoms with Gasteiger partial charge in [-0.05, 0) is 87.2 Å². The Kier molecular flexibility index (Phi) is 12.2. The van der Waals surface area contributed by atoms with E-state index in [0.717, 1.165) is 16.3 Å². The van der Waals surface area contributed by atoms with E-state index in [2.05, 4.69) is 5.32 Å². The number of rotatable bonds is 15. The van der Waals surface area contributed by atoms with Crippen molar-refractivity contribution in [3.63, 3.8) is 0 Å². The van der Waals surface area contributed by atoms with E-state index in [0.29, 0.717) is 35.9 Å². The molecule has 0 aliphatic carbocycles. The fraction of sp³-hybridized carbons (Fsp3) is 0.375. The van der Waals surface area contributed by atoms with Crippen LogP contribution in [0.2, 0.25) is 5.02 Å². The summed E-state index contributed by atoms with van der Waals surface area (Å²) < 4.78 is 34.5. The zero-order valence-corrected chi connectivity index (χ0v) is 26.2. The molecule has 0 fully saturated rings. The standard InChI is InChI=1S/C32H40ClN3O5S/c1-5-24(4)34-32(38)30(6-2)35(22-21-25-11-9-8-10-12-25)31(37)23-36(27-15-17-28(18-16-27)41-7-3)42(39,40)29-19-13-26(33)14-20-29/h8-20,24,30H,5-7,21-23H2,1-4H3,(H,34,38)/t24-,30-/m1/s1. The van der Waals surface area contributed by atoms with E-state index >= 15 is 0 Å². The molecule has 3 aromatic carbocycles. The molecule has 226 valence electrons. The summed E-state index contributed by atoms with van der Waals surface area (Å²) in [4.78, 5) is 28.9. The molecule has 10 heteroatoms. The largest absolute Gasteiger partial charge is 0.494 e. The van der Waals surface area contributed by atoms with Crippen LogP contribution in [0.1, 0.15) is 46.1 Å². The number of carbonyl (C=O) groups is 2. The topological polar surface area (TPSA) is 96.0 Å². The third-order valence-electron chi connectivity index (χ3n) is 6.99. The summed E-state index contributed by atoms with van der Waals surface area (Å²) in [6, 6.07) is 21.2.